The van der Waals surface area contributed by atoms with Gasteiger partial charge in [0.05, 0.1) is 17.4 Å². The number of H-pyrrole nitrogens is 1. The highest BCUT2D eigenvalue weighted by atomic mass is 35.5. The highest BCUT2D eigenvalue weighted by Crippen LogP contribution is 2.16. The third kappa shape index (κ3) is 2.38. The van der Waals surface area contributed by atoms with Gasteiger partial charge in [0.15, 0.2) is 0 Å². The minimum absolute atomic E-state index is 0.164. The summed E-state index contributed by atoms with van der Waals surface area (Å²) in [6, 6.07) is 12.9. The molecular weight excluding hydrogens is 274 g/mol. The van der Waals surface area contributed by atoms with E-state index in [4.69, 9.17) is 11.6 Å². The van der Waals surface area contributed by atoms with Crippen LogP contribution in [0.15, 0.2) is 48.8 Å². The second kappa shape index (κ2) is 5.35. The lowest BCUT2D eigenvalue weighted by atomic mass is 10.1. The normalized spacial score (nSPS) is 10.7. The van der Waals surface area contributed by atoms with Crippen molar-refractivity contribution >= 4 is 28.5 Å². The molecule has 100 valence electrons. The highest BCUT2D eigenvalue weighted by molar-refractivity contribution is 6.31. The lowest BCUT2D eigenvalue weighted by molar-refractivity contribution is 0.0952. The maximum atomic E-state index is 12.2. The van der Waals surface area contributed by atoms with Gasteiger partial charge in [-0.25, -0.2) is 4.98 Å². The molecule has 1 amide bonds. The van der Waals surface area contributed by atoms with Crippen molar-refractivity contribution in [2.45, 2.75) is 6.54 Å². The van der Waals surface area contributed by atoms with E-state index in [1.165, 1.54) is 0 Å². The van der Waals surface area contributed by atoms with Gasteiger partial charge in [-0.15, -0.1) is 0 Å². The van der Waals surface area contributed by atoms with Crippen molar-refractivity contribution in [2.24, 2.45) is 0 Å². The number of nitrogens with zero attached hydrogens (tertiary/aromatic N) is 1. The molecule has 3 rings (SSSR count). The fraction of sp³-hybridized carbons (Fsp3) is 0.0667. The Morgan fingerprint density at radius 3 is 2.90 bits per heavy atom. The first-order chi connectivity index (χ1) is 9.75. The maximum Gasteiger partial charge on any atom is 0.253 e. The number of imidazole rings is 1. The van der Waals surface area contributed by atoms with Crippen LogP contribution < -0.4 is 5.32 Å². The Bertz CT molecular complexity index is 766. The van der Waals surface area contributed by atoms with Gasteiger partial charge in [-0.05, 0) is 23.8 Å². The fourth-order valence-electron chi connectivity index (χ4n) is 2.06. The zero-order valence-electron chi connectivity index (χ0n) is 10.6. The van der Waals surface area contributed by atoms with Gasteiger partial charge in [-0.2, -0.15) is 0 Å². The summed E-state index contributed by atoms with van der Waals surface area (Å²) < 4.78 is 0. The van der Waals surface area contributed by atoms with Crippen molar-refractivity contribution in [3.8, 4) is 0 Å². The molecule has 0 radical (unpaired) electrons. The van der Waals surface area contributed by atoms with Gasteiger partial charge in [0.25, 0.3) is 5.91 Å². The molecule has 0 atom stereocenters. The van der Waals surface area contributed by atoms with Gasteiger partial charge < -0.3 is 10.3 Å². The van der Waals surface area contributed by atoms with E-state index in [-0.39, 0.29) is 5.91 Å². The molecule has 20 heavy (non-hydrogen) atoms. The molecule has 5 heteroatoms. The first kappa shape index (κ1) is 12.7. The van der Waals surface area contributed by atoms with Crippen LogP contribution in [0.2, 0.25) is 5.02 Å². The van der Waals surface area contributed by atoms with Crippen LogP contribution in [-0.4, -0.2) is 15.9 Å². The van der Waals surface area contributed by atoms with E-state index in [1.54, 1.807) is 18.5 Å². The number of rotatable bonds is 3. The third-order valence-electron chi connectivity index (χ3n) is 3.09. The second-order valence-corrected chi connectivity index (χ2v) is 4.79. The molecule has 2 N–H and O–H groups in total. The third-order valence-corrected chi connectivity index (χ3v) is 3.46. The fourth-order valence-corrected chi connectivity index (χ4v) is 2.26. The Kier molecular flexibility index (Phi) is 3.39. The number of hydrogen-bond acceptors (Lipinski definition) is 2. The lowest BCUT2D eigenvalue weighted by Crippen LogP contribution is -2.23. The summed E-state index contributed by atoms with van der Waals surface area (Å²) in [5.41, 5.74) is 2.95. The number of carbonyl (C=O) groups is 1. The van der Waals surface area contributed by atoms with E-state index in [0.717, 1.165) is 11.1 Å². The average molecular weight is 286 g/mol. The summed E-state index contributed by atoms with van der Waals surface area (Å²) in [4.78, 5) is 19.4. The predicted molar refractivity (Wildman–Crippen MR) is 78.7 cm³/mol. The highest BCUT2D eigenvalue weighted by Gasteiger charge is 2.11. The lowest BCUT2D eigenvalue weighted by Gasteiger charge is -2.07. The van der Waals surface area contributed by atoms with Crippen LogP contribution in [0.1, 0.15) is 15.9 Å². The number of halogens is 1. The number of aromatic amines is 1. The van der Waals surface area contributed by atoms with E-state index in [2.05, 4.69) is 15.3 Å². The van der Waals surface area contributed by atoms with Crippen molar-refractivity contribution in [1.82, 2.24) is 15.3 Å². The minimum atomic E-state index is -0.164. The number of carbonyl (C=O) groups excluding carboxylic acids is 1. The van der Waals surface area contributed by atoms with Crippen LogP contribution in [0.25, 0.3) is 11.0 Å². The molecule has 0 bridgehead atoms. The van der Waals surface area contributed by atoms with Crippen molar-refractivity contribution < 1.29 is 4.79 Å². The number of fused-ring (bicyclic) bond motifs is 1. The van der Waals surface area contributed by atoms with Gasteiger partial charge in [0.2, 0.25) is 0 Å². The zero-order chi connectivity index (χ0) is 13.9. The molecule has 0 saturated heterocycles. The molecule has 0 saturated carbocycles. The quantitative estimate of drug-likeness (QED) is 0.777. The Hall–Kier alpha value is -2.33. The average Bonchev–Trinajstić information content (AvgIpc) is 2.94. The Morgan fingerprint density at radius 1 is 1.20 bits per heavy atom. The van der Waals surface area contributed by atoms with Gasteiger partial charge in [0.1, 0.15) is 5.52 Å². The van der Waals surface area contributed by atoms with E-state index in [9.17, 15) is 4.79 Å². The molecule has 1 heterocycles. The summed E-state index contributed by atoms with van der Waals surface area (Å²) in [6.07, 6.45) is 1.58. The van der Waals surface area contributed by atoms with Crippen LogP contribution in [-0.2, 0) is 6.54 Å². The van der Waals surface area contributed by atoms with Gasteiger partial charge >= 0.3 is 0 Å². The predicted octanol–water partition coefficient (Wildman–Crippen LogP) is 3.15. The Balaban J connectivity index is 1.80. The van der Waals surface area contributed by atoms with Crippen LogP contribution in [0.4, 0.5) is 0 Å². The zero-order valence-corrected chi connectivity index (χ0v) is 11.3. The second-order valence-electron chi connectivity index (χ2n) is 4.38. The van der Waals surface area contributed by atoms with Gasteiger partial charge in [-0.1, -0.05) is 35.9 Å². The van der Waals surface area contributed by atoms with Crippen molar-refractivity contribution in [1.29, 1.82) is 0 Å². The molecule has 0 unspecified atom stereocenters. The first-order valence-electron chi connectivity index (χ1n) is 6.19. The molecule has 3 aromatic rings. The molecule has 0 fully saturated rings. The monoisotopic (exact) mass is 285 g/mol. The molecular formula is C15H12ClN3O. The molecule has 4 nitrogen and oxygen atoms in total. The first-order valence-corrected chi connectivity index (χ1v) is 6.57. The molecule has 1 aromatic heterocycles. The number of hydrogen-bond donors (Lipinski definition) is 2. The van der Waals surface area contributed by atoms with Crippen LogP contribution in [0, 0.1) is 0 Å². The van der Waals surface area contributed by atoms with Crippen LogP contribution in [0.5, 0.6) is 0 Å². The molecule has 2 aromatic carbocycles. The summed E-state index contributed by atoms with van der Waals surface area (Å²) in [5.74, 6) is -0.164. The topological polar surface area (TPSA) is 57.8 Å². The SMILES string of the molecule is O=C(NCc1ccccc1Cl)c1cccc2[nH]cnc12. The summed E-state index contributed by atoms with van der Waals surface area (Å²) >= 11 is 6.06. The largest absolute Gasteiger partial charge is 0.348 e. The standard InChI is InChI=1S/C15H12ClN3O/c16-12-6-2-1-4-10(12)8-17-15(20)11-5-3-7-13-14(11)19-9-18-13/h1-7,9H,8H2,(H,17,20)(H,18,19). The number of aromatic nitrogens is 2. The van der Waals surface area contributed by atoms with E-state index in [1.807, 2.05) is 30.3 Å². The molecule has 0 aliphatic heterocycles. The van der Waals surface area contributed by atoms with Gasteiger partial charge in [0, 0.05) is 11.6 Å². The number of benzene rings is 2. The Morgan fingerprint density at radius 2 is 2.05 bits per heavy atom. The number of para-hydroxylation sites is 1. The summed E-state index contributed by atoms with van der Waals surface area (Å²) in [7, 11) is 0. The van der Waals surface area contributed by atoms with Crippen molar-refractivity contribution in [2.75, 3.05) is 0 Å². The van der Waals surface area contributed by atoms with E-state index >= 15 is 0 Å². The Labute approximate surface area is 120 Å². The number of amides is 1. The molecule has 0 aliphatic carbocycles. The van der Waals surface area contributed by atoms with Crippen molar-refractivity contribution in [3.63, 3.8) is 0 Å². The molecule has 0 aliphatic rings. The van der Waals surface area contributed by atoms with Crippen molar-refractivity contribution in [3.05, 3.63) is 64.9 Å². The number of nitrogens with one attached hydrogen (secondary N) is 2. The summed E-state index contributed by atoms with van der Waals surface area (Å²) in [6.45, 7) is 0.388. The van der Waals surface area contributed by atoms with Gasteiger partial charge in [-0.3, -0.25) is 4.79 Å². The van der Waals surface area contributed by atoms with Crippen LogP contribution in [0.3, 0.4) is 0 Å². The van der Waals surface area contributed by atoms with Crippen LogP contribution >= 0.6 is 11.6 Å². The summed E-state index contributed by atoms with van der Waals surface area (Å²) in [5, 5.41) is 3.50. The van der Waals surface area contributed by atoms with E-state index < -0.39 is 0 Å². The molecule has 0 spiro atoms. The minimum Gasteiger partial charge on any atom is -0.348 e. The maximum absolute atomic E-state index is 12.2. The van der Waals surface area contributed by atoms with E-state index in [0.29, 0.717) is 22.6 Å². The smallest absolute Gasteiger partial charge is 0.253 e.